The molecule has 0 heterocycles. The number of benzene rings is 2. The molecule has 0 atom stereocenters. The number of rotatable bonds is 3. The molecule has 0 saturated heterocycles. The van der Waals surface area contributed by atoms with Crippen molar-refractivity contribution in [2.24, 2.45) is 5.73 Å². The van der Waals surface area contributed by atoms with Gasteiger partial charge in [-0.1, -0.05) is 23.8 Å². The molecule has 92 valence electrons. The Morgan fingerprint density at radius 3 is 2.44 bits per heavy atom. The maximum absolute atomic E-state index is 11.4. The summed E-state index contributed by atoms with van der Waals surface area (Å²) >= 11 is 0. The monoisotopic (exact) mass is 241 g/mol. The van der Waals surface area contributed by atoms with E-state index in [4.69, 9.17) is 10.5 Å². The Morgan fingerprint density at radius 1 is 1.06 bits per heavy atom. The first kappa shape index (κ1) is 12.2. The largest absolute Gasteiger partial charge is 0.457 e. The van der Waals surface area contributed by atoms with Gasteiger partial charge in [0.2, 0.25) is 0 Å². The van der Waals surface area contributed by atoms with Crippen molar-refractivity contribution in [2.45, 2.75) is 13.8 Å². The van der Waals surface area contributed by atoms with Gasteiger partial charge in [-0.15, -0.1) is 0 Å². The van der Waals surface area contributed by atoms with Crippen LogP contribution in [0.3, 0.4) is 0 Å². The highest BCUT2D eigenvalue weighted by atomic mass is 16.5. The Balaban J connectivity index is 2.37. The van der Waals surface area contributed by atoms with E-state index in [9.17, 15) is 4.79 Å². The molecule has 0 radical (unpaired) electrons. The molecule has 3 nitrogen and oxygen atoms in total. The Hall–Kier alpha value is -2.29. The lowest BCUT2D eigenvalue weighted by Crippen LogP contribution is -2.12. The van der Waals surface area contributed by atoms with Crippen LogP contribution in [0.5, 0.6) is 11.5 Å². The summed E-state index contributed by atoms with van der Waals surface area (Å²) in [5, 5.41) is 0. The highest BCUT2D eigenvalue weighted by molar-refractivity contribution is 5.95. The first-order valence-electron chi connectivity index (χ1n) is 5.71. The third-order valence-corrected chi connectivity index (χ3v) is 2.62. The molecular formula is C15H15NO2. The van der Waals surface area contributed by atoms with Crippen LogP contribution in [0.15, 0.2) is 42.5 Å². The minimum atomic E-state index is -0.485. The summed E-state index contributed by atoms with van der Waals surface area (Å²) in [6.45, 7) is 3.89. The minimum Gasteiger partial charge on any atom is -0.457 e. The van der Waals surface area contributed by atoms with Gasteiger partial charge in [0.1, 0.15) is 11.5 Å². The summed E-state index contributed by atoms with van der Waals surface area (Å²) in [4.78, 5) is 11.4. The Kier molecular flexibility index (Phi) is 3.33. The third kappa shape index (κ3) is 2.69. The van der Waals surface area contributed by atoms with Crippen molar-refractivity contribution in [3.05, 3.63) is 59.2 Å². The average molecular weight is 241 g/mol. The number of amides is 1. The summed E-state index contributed by atoms with van der Waals surface area (Å²) in [5.41, 5.74) is 7.82. The zero-order valence-electron chi connectivity index (χ0n) is 10.4. The predicted molar refractivity (Wildman–Crippen MR) is 70.9 cm³/mol. The molecule has 3 heteroatoms. The van der Waals surface area contributed by atoms with E-state index in [1.165, 1.54) is 0 Å². The van der Waals surface area contributed by atoms with Crippen molar-refractivity contribution in [1.29, 1.82) is 0 Å². The molecular weight excluding hydrogens is 226 g/mol. The van der Waals surface area contributed by atoms with Crippen LogP contribution in [-0.4, -0.2) is 5.91 Å². The van der Waals surface area contributed by atoms with Crippen molar-refractivity contribution in [2.75, 3.05) is 0 Å². The van der Waals surface area contributed by atoms with Gasteiger partial charge in [-0.25, -0.2) is 0 Å². The van der Waals surface area contributed by atoms with E-state index in [1.807, 2.05) is 44.2 Å². The standard InChI is InChI=1S/C15H15NO2/c1-10-4-3-5-12(8-10)18-14-7-6-11(2)9-13(14)15(16)17/h3-9H,1-2H3,(H2,16,17). The van der Waals surface area contributed by atoms with E-state index in [1.54, 1.807) is 12.1 Å². The Labute approximate surface area is 106 Å². The molecule has 2 aromatic rings. The van der Waals surface area contributed by atoms with Crippen molar-refractivity contribution < 1.29 is 9.53 Å². The minimum absolute atomic E-state index is 0.400. The van der Waals surface area contributed by atoms with E-state index in [0.717, 1.165) is 11.1 Å². The first-order chi connectivity index (χ1) is 8.56. The number of nitrogens with two attached hydrogens (primary N) is 1. The topological polar surface area (TPSA) is 52.3 Å². The number of primary amides is 1. The van der Waals surface area contributed by atoms with Crippen LogP contribution < -0.4 is 10.5 Å². The first-order valence-corrected chi connectivity index (χ1v) is 5.71. The average Bonchev–Trinajstić information content (AvgIpc) is 2.31. The summed E-state index contributed by atoms with van der Waals surface area (Å²) in [7, 11) is 0. The molecule has 0 aliphatic rings. The van der Waals surface area contributed by atoms with E-state index in [-0.39, 0.29) is 0 Å². The van der Waals surface area contributed by atoms with Crippen LogP contribution in [0, 0.1) is 13.8 Å². The second-order valence-corrected chi connectivity index (χ2v) is 4.28. The van der Waals surface area contributed by atoms with Crippen molar-refractivity contribution in [3.8, 4) is 11.5 Å². The number of carbonyl (C=O) groups is 1. The van der Waals surface area contributed by atoms with Crippen LogP contribution in [0.25, 0.3) is 0 Å². The van der Waals surface area contributed by atoms with Crippen LogP contribution in [-0.2, 0) is 0 Å². The molecule has 0 saturated carbocycles. The Morgan fingerprint density at radius 2 is 1.78 bits per heavy atom. The zero-order valence-corrected chi connectivity index (χ0v) is 10.4. The molecule has 1 amide bonds. The van der Waals surface area contributed by atoms with Crippen molar-refractivity contribution in [3.63, 3.8) is 0 Å². The van der Waals surface area contributed by atoms with E-state index in [2.05, 4.69) is 0 Å². The fourth-order valence-corrected chi connectivity index (χ4v) is 1.73. The fraction of sp³-hybridized carbons (Fsp3) is 0.133. The van der Waals surface area contributed by atoms with Gasteiger partial charge in [-0.3, -0.25) is 4.79 Å². The lowest BCUT2D eigenvalue weighted by molar-refractivity contribution is 0.0998. The zero-order chi connectivity index (χ0) is 13.1. The summed E-state index contributed by atoms with van der Waals surface area (Å²) in [6, 6.07) is 13.0. The molecule has 0 aromatic heterocycles. The quantitative estimate of drug-likeness (QED) is 0.897. The SMILES string of the molecule is Cc1cccc(Oc2ccc(C)cc2C(N)=O)c1. The smallest absolute Gasteiger partial charge is 0.252 e. The molecule has 0 unspecified atom stereocenters. The molecule has 2 aromatic carbocycles. The van der Waals surface area contributed by atoms with Crippen LogP contribution in [0.1, 0.15) is 21.5 Å². The van der Waals surface area contributed by atoms with E-state index >= 15 is 0 Å². The fourth-order valence-electron chi connectivity index (χ4n) is 1.73. The van der Waals surface area contributed by atoms with Crippen molar-refractivity contribution >= 4 is 5.91 Å². The van der Waals surface area contributed by atoms with Gasteiger partial charge >= 0.3 is 0 Å². The van der Waals surface area contributed by atoms with Gasteiger partial charge in [-0.05, 0) is 43.7 Å². The second kappa shape index (κ2) is 4.92. The van der Waals surface area contributed by atoms with E-state index < -0.39 is 5.91 Å². The van der Waals surface area contributed by atoms with Crippen LogP contribution in [0.4, 0.5) is 0 Å². The van der Waals surface area contributed by atoms with Gasteiger partial charge in [-0.2, -0.15) is 0 Å². The lowest BCUT2D eigenvalue weighted by atomic mass is 10.1. The maximum Gasteiger partial charge on any atom is 0.252 e. The number of carbonyl (C=O) groups excluding carboxylic acids is 1. The van der Waals surface area contributed by atoms with Crippen molar-refractivity contribution in [1.82, 2.24) is 0 Å². The number of hydrogen-bond acceptors (Lipinski definition) is 2. The molecule has 2 rings (SSSR count). The maximum atomic E-state index is 11.4. The number of aryl methyl sites for hydroxylation is 2. The van der Waals surface area contributed by atoms with Gasteiger partial charge in [0.25, 0.3) is 5.91 Å². The van der Waals surface area contributed by atoms with Gasteiger partial charge in [0.05, 0.1) is 5.56 Å². The third-order valence-electron chi connectivity index (χ3n) is 2.62. The predicted octanol–water partition coefficient (Wildman–Crippen LogP) is 3.19. The number of hydrogen-bond donors (Lipinski definition) is 1. The highest BCUT2D eigenvalue weighted by Gasteiger charge is 2.10. The molecule has 18 heavy (non-hydrogen) atoms. The normalized spacial score (nSPS) is 10.1. The number of ether oxygens (including phenoxy) is 1. The summed E-state index contributed by atoms with van der Waals surface area (Å²) in [5.74, 6) is 0.696. The highest BCUT2D eigenvalue weighted by Crippen LogP contribution is 2.26. The second-order valence-electron chi connectivity index (χ2n) is 4.28. The van der Waals surface area contributed by atoms with Gasteiger partial charge < -0.3 is 10.5 Å². The lowest BCUT2D eigenvalue weighted by Gasteiger charge is -2.10. The Bertz CT molecular complexity index is 591. The molecule has 0 bridgehead atoms. The van der Waals surface area contributed by atoms with Gasteiger partial charge in [0, 0.05) is 0 Å². The van der Waals surface area contributed by atoms with Crippen LogP contribution in [0.2, 0.25) is 0 Å². The molecule has 0 aliphatic heterocycles. The summed E-state index contributed by atoms with van der Waals surface area (Å²) < 4.78 is 5.71. The summed E-state index contributed by atoms with van der Waals surface area (Å²) in [6.07, 6.45) is 0. The molecule has 0 fully saturated rings. The molecule has 0 aliphatic carbocycles. The van der Waals surface area contributed by atoms with Crippen LogP contribution >= 0.6 is 0 Å². The molecule has 0 spiro atoms. The van der Waals surface area contributed by atoms with E-state index in [0.29, 0.717) is 17.1 Å². The molecule has 2 N–H and O–H groups in total. The van der Waals surface area contributed by atoms with Gasteiger partial charge in [0.15, 0.2) is 0 Å².